The first kappa shape index (κ1) is 16.5. The minimum atomic E-state index is -0.243. The number of nitrogens with zero attached hydrogens (tertiary/aromatic N) is 3. The maximum Gasteiger partial charge on any atom is 0.289 e. The van der Waals surface area contributed by atoms with Crippen LogP contribution in [0.25, 0.3) is 10.9 Å². The second kappa shape index (κ2) is 7.12. The molecule has 1 aromatic heterocycles. The smallest absolute Gasteiger partial charge is 0.289 e. The molecular weight excluding hydrogens is 324 g/mol. The second-order valence-electron chi connectivity index (χ2n) is 6.69. The maximum atomic E-state index is 12.8. The number of aromatic nitrogens is 2. The maximum absolute atomic E-state index is 12.8. The lowest BCUT2D eigenvalue weighted by molar-refractivity contribution is 0.0930. The summed E-state index contributed by atoms with van der Waals surface area (Å²) in [6.45, 7) is 3.92. The van der Waals surface area contributed by atoms with E-state index >= 15 is 0 Å². The van der Waals surface area contributed by atoms with Crippen molar-refractivity contribution in [2.75, 3.05) is 18.0 Å². The van der Waals surface area contributed by atoms with E-state index in [9.17, 15) is 4.79 Å². The Hall–Kier alpha value is -2.95. The van der Waals surface area contributed by atoms with E-state index < -0.39 is 0 Å². The summed E-state index contributed by atoms with van der Waals surface area (Å²) < 4.78 is 0. The number of amides is 1. The van der Waals surface area contributed by atoms with Gasteiger partial charge in [0.2, 0.25) is 5.82 Å². The van der Waals surface area contributed by atoms with E-state index in [1.165, 1.54) is 0 Å². The molecule has 1 aliphatic heterocycles. The Kier molecular flexibility index (Phi) is 4.52. The largest absolute Gasteiger partial charge is 0.356 e. The third-order valence-corrected chi connectivity index (χ3v) is 4.84. The van der Waals surface area contributed by atoms with Gasteiger partial charge >= 0.3 is 0 Å². The summed E-state index contributed by atoms with van der Waals surface area (Å²) in [7, 11) is 0. The summed E-state index contributed by atoms with van der Waals surface area (Å²) in [4.78, 5) is 24.2. The Bertz CT molecular complexity index is 920. The molecule has 4 rings (SSSR count). The molecule has 0 aliphatic carbocycles. The second-order valence-corrected chi connectivity index (χ2v) is 6.69. The zero-order valence-electron chi connectivity index (χ0n) is 14.9. The standard InChI is InChI=1S/C21H22N4O/c1-15(16-9-3-2-4-10-16)22-21(26)19-23-18-12-6-5-11-17(18)20(24-19)25-13-7-8-14-25/h2-6,9-12,15H,7-8,13-14H2,1H3,(H,22,26)/t15-/m1/s1. The average molecular weight is 346 g/mol. The van der Waals surface area contributed by atoms with Crippen LogP contribution in [0, 0.1) is 0 Å². The third-order valence-electron chi connectivity index (χ3n) is 4.84. The molecule has 1 saturated heterocycles. The van der Waals surface area contributed by atoms with Gasteiger partial charge in [-0.3, -0.25) is 4.79 Å². The Balaban J connectivity index is 1.66. The van der Waals surface area contributed by atoms with Crippen molar-refractivity contribution >= 4 is 22.6 Å². The van der Waals surface area contributed by atoms with Crippen molar-refractivity contribution in [1.29, 1.82) is 0 Å². The van der Waals surface area contributed by atoms with Crippen molar-refractivity contribution in [1.82, 2.24) is 15.3 Å². The van der Waals surface area contributed by atoms with Gasteiger partial charge in [-0.25, -0.2) is 9.97 Å². The van der Waals surface area contributed by atoms with Crippen LogP contribution in [0.3, 0.4) is 0 Å². The molecule has 1 fully saturated rings. The van der Waals surface area contributed by atoms with Gasteiger partial charge in [-0.1, -0.05) is 42.5 Å². The molecule has 0 spiro atoms. The van der Waals surface area contributed by atoms with Crippen LogP contribution in [0.5, 0.6) is 0 Å². The Morgan fingerprint density at radius 3 is 2.46 bits per heavy atom. The van der Waals surface area contributed by atoms with Gasteiger partial charge in [0.15, 0.2) is 0 Å². The van der Waals surface area contributed by atoms with Gasteiger partial charge in [-0.05, 0) is 37.5 Å². The summed E-state index contributed by atoms with van der Waals surface area (Å²) >= 11 is 0. The molecule has 0 bridgehead atoms. The van der Waals surface area contributed by atoms with E-state index in [2.05, 4.69) is 20.2 Å². The van der Waals surface area contributed by atoms with Crippen LogP contribution in [0.4, 0.5) is 5.82 Å². The molecule has 2 aromatic carbocycles. The fraction of sp³-hybridized carbons (Fsp3) is 0.286. The lowest BCUT2D eigenvalue weighted by Crippen LogP contribution is -2.29. The van der Waals surface area contributed by atoms with E-state index in [1.54, 1.807) is 0 Å². The van der Waals surface area contributed by atoms with Crippen molar-refractivity contribution in [2.24, 2.45) is 0 Å². The van der Waals surface area contributed by atoms with Crippen molar-refractivity contribution in [2.45, 2.75) is 25.8 Å². The van der Waals surface area contributed by atoms with Gasteiger partial charge < -0.3 is 10.2 Å². The summed E-state index contributed by atoms with van der Waals surface area (Å²) in [6, 6.07) is 17.7. The minimum absolute atomic E-state index is 0.103. The molecular formula is C21H22N4O. The predicted octanol–water partition coefficient (Wildman–Crippen LogP) is 3.72. The summed E-state index contributed by atoms with van der Waals surface area (Å²) in [5.41, 5.74) is 1.86. The molecule has 3 aromatic rings. The summed E-state index contributed by atoms with van der Waals surface area (Å²) in [6.07, 6.45) is 2.32. The van der Waals surface area contributed by atoms with E-state index in [1.807, 2.05) is 61.5 Å². The molecule has 0 radical (unpaired) electrons. The molecule has 132 valence electrons. The number of nitrogens with one attached hydrogen (secondary N) is 1. The molecule has 1 amide bonds. The highest BCUT2D eigenvalue weighted by molar-refractivity contribution is 5.96. The first-order valence-electron chi connectivity index (χ1n) is 9.10. The van der Waals surface area contributed by atoms with Crippen LogP contribution >= 0.6 is 0 Å². The normalized spacial score (nSPS) is 15.2. The van der Waals surface area contributed by atoms with Gasteiger partial charge in [0.05, 0.1) is 11.6 Å². The Morgan fingerprint density at radius 1 is 1.00 bits per heavy atom. The van der Waals surface area contributed by atoms with E-state index in [4.69, 9.17) is 0 Å². The number of rotatable bonds is 4. The number of benzene rings is 2. The van der Waals surface area contributed by atoms with E-state index in [0.717, 1.165) is 48.2 Å². The number of hydrogen-bond acceptors (Lipinski definition) is 4. The van der Waals surface area contributed by atoms with Gasteiger partial charge in [0.1, 0.15) is 5.82 Å². The van der Waals surface area contributed by atoms with Crippen molar-refractivity contribution in [3.63, 3.8) is 0 Å². The molecule has 5 heteroatoms. The Morgan fingerprint density at radius 2 is 1.69 bits per heavy atom. The number of hydrogen-bond donors (Lipinski definition) is 1. The molecule has 26 heavy (non-hydrogen) atoms. The zero-order chi connectivity index (χ0) is 17.9. The molecule has 5 nitrogen and oxygen atoms in total. The summed E-state index contributed by atoms with van der Waals surface area (Å²) in [5, 5.41) is 4.01. The number of carbonyl (C=O) groups is 1. The Labute approximate surface area is 153 Å². The molecule has 1 atom stereocenters. The molecule has 1 aliphatic rings. The van der Waals surface area contributed by atoms with Crippen molar-refractivity contribution in [3.8, 4) is 0 Å². The van der Waals surface area contributed by atoms with Gasteiger partial charge in [-0.15, -0.1) is 0 Å². The fourth-order valence-corrected chi connectivity index (χ4v) is 3.42. The lowest BCUT2D eigenvalue weighted by Gasteiger charge is -2.19. The highest BCUT2D eigenvalue weighted by atomic mass is 16.2. The van der Waals surface area contributed by atoms with Gasteiger partial charge in [0.25, 0.3) is 5.91 Å². The van der Waals surface area contributed by atoms with Crippen molar-refractivity contribution < 1.29 is 4.79 Å². The number of fused-ring (bicyclic) bond motifs is 1. The van der Waals surface area contributed by atoms with E-state index in [0.29, 0.717) is 0 Å². The average Bonchev–Trinajstić information content (AvgIpc) is 3.22. The van der Waals surface area contributed by atoms with Crippen LogP contribution in [0.2, 0.25) is 0 Å². The van der Waals surface area contributed by atoms with Crippen LogP contribution in [0.1, 0.15) is 42.0 Å². The fourth-order valence-electron chi connectivity index (χ4n) is 3.42. The monoisotopic (exact) mass is 346 g/mol. The number of para-hydroxylation sites is 1. The number of anilines is 1. The third kappa shape index (κ3) is 3.25. The highest BCUT2D eigenvalue weighted by Crippen LogP contribution is 2.27. The molecule has 1 N–H and O–H groups in total. The topological polar surface area (TPSA) is 58.1 Å². The van der Waals surface area contributed by atoms with Crippen molar-refractivity contribution in [3.05, 3.63) is 66.0 Å². The van der Waals surface area contributed by atoms with Gasteiger partial charge in [0, 0.05) is 18.5 Å². The zero-order valence-corrected chi connectivity index (χ0v) is 14.9. The molecule has 0 saturated carbocycles. The van der Waals surface area contributed by atoms with Crippen LogP contribution in [0.15, 0.2) is 54.6 Å². The highest BCUT2D eigenvalue weighted by Gasteiger charge is 2.21. The van der Waals surface area contributed by atoms with Crippen LogP contribution < -0.4 is 10.2 Å². The van der Waals surface area contributed by atoms with Gasteiger partial charge in [-0.2, -0.15) is 0 Å². The predicted molar refractivity (Wildman–Crippen MR) is 103 cm³/mol. The first-order chi connectivity index (χ1) is 12.7. The van der Waals surface area contributed by atoms with Crippen LogP contribution in [-0.4, -0.2) is 29.0 Å². The molecule has 2 heterocycles. The minimum Gasteiger partial charge on any atom is -0.356 e. The van der Waals surface area contributed by atoms with E-state index in [-0.39, 0.29) is 17.8 Å². The quantitative estimate of drug-likeness (QED) is 0.782. The lowest BCUT2D eigenvalue weighted by atomic mass is 10.1. The number of carbonyl (C=O) groups excluding carboxylic acids is 1. The molecule has 0 unspecified atom stereocenters. The summed E-state index contributed by atoms with van der Waals surface area (Å²) in [5.74, 6) is 0.853. The van der Waals surface area contributed by atoms with Crippen LogP contribution in [-0.2, 0) is 0 Å². The first-order valence-corrected chi connectivity index (χ1v) is 9.10. The SMILES string of the molecule is C[C@@H](NC(=O)c1nc(N2CCCC2)c2ccccc2n1)c1ccccc1.